The summed E-state index contributed by atoms with van der Waals surface area (Å²) in [6.45, 7) is 0. The van der Waals surface area contributed by atoms with Crippen molar-refractivity contribution in [1.29, 1.82) is 0 Å². The molecule has 2 aliphatic rings. The first-order valence-electron chi connectivity index (χ1n) is 4.71. The third kappa shape index (κ3) is 1.36. The van der Waals surface area contributed by atoms with Crippen LogP contribution in [0.5, 0.6) is 0 Å². The Labute approximate surface area is 73.2 Å². The van der Waals surface area contributed by atoms with Gasteiger partial charge in [-0.25, -0.2) is 0 Å². The van der Waals surface area contributed by atoms with Crippen molar-refractivity contribution in [2.24, 2.45) is 11.8 Å². The van der Waals surface area contributed by atoms with Crippen molar-refractivity contribution in [3.8, 4) is 0 Å². The maximum atomic E-state index is 11.8. The second kappa shape index (κ2) is 3.26. The van der Waals surface area contributed by atoms with Gasteiger partial charge in [0.05, 0.1) is 0 Å². The Bertz CT molecular complexity index is 197. The van der Waals surface area contributed by atoms with Crippen molar-refractivity contribution in [2.45, 2.75) is 25.7 Å². The summed E-state index contributed by atoms with van der Waals surface area (Å²) in [5.41, 5.74) is 0. The molecule has 2 rings (SSSR count). The molecule has 0 saturated carbocycles. The molecule has 0 unspecified atom stereocenters. The fourth-order valence-corrected chi connectivity index (χ4v) is 2.03. The zero-order chi connectivity index (χ0) is 8.39. The number of hydrogen-bond acceptors (Lipinski definition) is 1. The number of hydrogen-bond donors (Lipinski definition) is 0. The fraction of sp³-hybridized carbons (Fsp3) is 0.545. The quantitative estimate of drug-likeness (QED) is 0.570. The van der Waals surface area contributed by atoms with Crippen molar-refractivity contribution < 1.29 is 4.79 Å². The lowest BCUT2D eigenvalue weighted by Gasteiger charge is -2.13. The van der Waals surface area contributed by atoms with Crippen molar-refractivity contribution in [2.75, 3.05) is 0 Å². The third-order valence-electron chi connectivity index (χ3n) is 2.82. The molecule has 0 amide bonds. The van der Waals surface area contributed by atoms with Crippen LogP contribution in [0.4, 0.5) is 0 Å². The highest BCUT2D eigenvalue weighted by Crippen LogP contribution is 2.28. The molecule has 0 aromatic rings. The van der Waals surface area contributed by atoms with Gasteiger partial charge in [-0.2, -0.15) is 0 Å². The Morgan fingerprint density at radius 2 is 1.17 bits per heavy atom. The summed E-state index contributed by atoms with van der Waals surface area (Å²) in [6.07, 6.45) is 12.4. The van der Waals surface area contributed by atoms with Gasteiger partial charge in [-0.1, -0.05) is 24.3 Å². The van der Waals surface area contributed by atoms with Crippen molar-refractivity contribution in [1.82, 2.24) is 0 Å². The standard InChI is InChI=1S/C11H14O/c12-11(9-5-1-2-6-9)10-7-3-4-8-10/h1-4,9-10H,5-8H2. The van der Waals surface area contributed by atoms with Gasteiger partial charge in [-0.3, -0.25) is 4.79 Å². The van der Waals surface area contributed by atoms with E-state index in [-0.39, 0.29) is 0 Å². The van der Waals surface area contributed by atoms with Crippen LogP contribution in [-0.2, 0) is 4.79 Å². The van der Waals surface area contributed by atoms with Crippen LogP contribution < -0.4 is 0 Å². The lowest BCUT2D eigenvalue weighted by atomic mass is 9.90. The molecule has 0 radical (unpaired) electrons. The van der Waals surface area contributed by atoms with E-state index in [0.29, 0.717) is 17.6 Å². The van der Waals surface area contributed by atoms with Gasteiger partial charge in [-0.15, -0.1) is 0 Å². The Morgan fingerprint density at radius 3 is 1.50 bits per heavy atom. The maximum absolute atomic E-state index is 11.8. The molecule has 64 valence electrons. The summed E-state index contributed by atoms with van der Waals surface area (Å²) in [4.78, 5) is 11.8. The lowest BCUT2D eigenvalue weighted by Crippen LogP contribution is -2.19. The van der Waals surface area contributed by atoms with Crippen LogP contribution in [0, 0.1) is 11.8 Å². The fourth-order valence-electron chi connectivity index (χ4n) is 2.03. The number of Topliss-reactive ketones (excluding diaryl/α,β-unsaturated/α-hetero) is 1. The number of carbonyl (C=O) groups is 1. The minimum atomic E-state index is 0.315. The zero-order valence-electron chi connectivity index (χ0n) is 7.20. The summed E-state index contributed by atoms with van der Waals surface area (Å²) in [5.74, 6) is 1.12. The molecule has 0 aromatic heterocycles. The van der Waals surface area contributed by atoms with Gasteiger partial charge >= 0.3 is 0 Å². The van der Waals surface area contributed by atoms with Gasteiger partial charge in [-0.05, 0) is 25.7 Å². The molecule has 0 aromatic carbocycles. The molecule has 0 saturated heterocycles. The van der Waals surface area contributed by atoms with E-state index in [4.69, 9.17) is 0 Å². The van der Waals surface area contributed by atoms with E-state index in [1.54, 1.807) is 0 Å². The minimum Gasteiger partial charge on any atom is -0.299 e. The van der Waals surface area contributed by atoms with Crippen LogP contribution >= 0.6 is 0 Å². The summed E-state index contributed by atoms with van der Waals surface area (Å²) in [5, 5.41) is 0. The van der Waals surface area contributed by atoms with E-state index < -0.39 is 0 Å². The molecule has 0 aliphatic heterocycles. The molecule has 0 bridgehead atoms. The van der Waals surface area contributed by atoms with Gasteiger partial charge < -0.3 is 0 Å². The van der Waals surface area contributed by atoms with E-state index in [2.05, 4.69) is 24.3 Å². The van der Waals surface area contributed by atoms with Gasteiger partial charge in [0, 0.05) is 11.8 Å². The molecule has 0 N–H and O–H groups in total. The van der Waals surface area contributed by atoms with Crippen LogP contribution in [0.3, 0.4) is 0 Å². The van der Waals surface area contributed by atoms with E-state index in [1.807, 2.05) is 0 Å². The Hall–Kier alpha value is -0.850. The number of carbonyl (C=O) groups excluding carboxylic acids is 1. The van der Waals surface area contributed by atoms with E-state index >= 15 is 0 Å². The van der Waals surface area contributed by atoms with Crippen molar-refractivity contribution >= 4 is 5.78 Å². The second-order valence-electron chi connectivity index (χ2n) is 3.68. The molecule has 1 heteroatoms. The smallest absolute Gasteiger partial charge is 0.140 e. The van der Waals surface area contributed by atoms with E-state index in [1.165, 1.54) is 0 Å². The molecular weight excluding hydrogens is 148 g/mol. The topological polar surface area (TPSA) is 17.1 Å². The highest BCUT2D eigenvalue weighted by molar-refractivity contribution is 5.84. The largest absolute Gasteiger partial charge is 0.299 e. The molecule has 0 spiro atoms. The monoisotopic (exact) mass is 162 g/mol. The lowest BCUT2D eigenvalue weighted by molar-refractivity contribution is -0.126. The van der Waals surface area contributed by atoms with Crippen LogP contribution in [0.15, 0.2) is 24.3 Å². The van der Waals surface area contributed by atoms with E-state index in [9.17, 15) is 4.79 Å². The summed E-state index contributed by atoms with van der Waals surface area (Å²) in [7, 11) is 0. The van der Waals surface area contributed by atoms with E-state index in [0.717, 1.165) is 25.7 Å². The Kier molecular flexibility index (Phi) is 2.11. The molecule has 0 atom stereocenters. The number of ketones is 1. The highest BCUT2D eigenvalue weighted by atomic mass is 16.1. The van der Waals surface area contributed by atoms with Crippen LogP contribution in [-0.4, -0.2) is 5.78 Å². The SMILES string of the molecule is O=C(C1CC=CC1)C1CC=CC1. The molecule has 0 fully saturated rings. The van der Waals surface area contributed by atoms with Gasteiger partial charge in [0.1, 0.15) is 5.78 Å². The van der Waals surface area contributed by atoms with Crippen LogP contribution in [0.25, 0.3) is 0 Å². The molecular formula is C11H14O. The first kappa shape index (κ1) is 7.78. The first-order chi connectivity index (χ1) is 5.88. The minimum absolute atomic E-state index is 0.315. The first-order valence-corrected chi connectivity index (χ1v) is 4.71. The summed E-state index contributed by atoms with van der Waals surface area (Å²) < 4.78 is 0. The van der Waals surface area contributed by atoms with Gasteiger partial charge in [0.2, 0.25) is 0 Å². The highest BCUT2D eigenvalue weighted by Gasteiger charge is 2.27. The predicted molar refractivity (Wildman–Crippen MR) is 48.7 cm³/mol. The average molecular weight is 162 g/mol. The molecule has 1 nitrogen and oxygen atoms in total. The summed E-state index contributed by atoms with van der Waals surface area (Å²) >= 11 is 0. The van der Waals surface area contributed by atoms with Gasteiger partial charge in [0.25, 0.3) is 0 Å². The van der Waals surface area contributed by atoms with Crippen molar-refractivity contribution in [3.05, 3.63) is 24.3 Å². The zero-order valence-corrected chi connectivity index (χ0v) is 7.20. The van der Waals surface area contributed by atoms with Crippen LogP contribution in [0.2, 0.25) is 0 Å². The number of rotatable bonds is 2. The summed E-state index contributed by atoms with van der Waals surface area (Å²) in [6, 6.07) is 0. The Balaban J connectivity index is 1.91. The average Bonchev–Trinajstić information content (AvgIpc) is 2.77. The molecule has 12 heavy (non-hydrogen) atoms. The van der Waals surface area contributed by atoms with Crippen LogP contribution in [0.1, 0.15) is 25.7 Å². The predicted octanol–water partition coefficient (Wildman–Crippen LogP) is 2.49. The third-order valence-corrected chi connectivity index (χ3v) is 2.82. The number of allylic oxidation sites excluding steroid dienone is 4. The van der Waals surface area contributed by atoms with Crippen molar-refractivity contribution in [3.63, 3.8) is 0 Å². The maximum Gasteiger partial charge on any atom is 0.140 e. The normalized spacial score (nSPS) is 24.0. The molecule has 0 heterocycles. The second-order valence-corrected chi connectivity index (χ2v) is 3.68. The Morgan fingerprint density at radius 1 is 0.833 bits per heavy atom. The molecule has 2 aliphatic carbocycles. The van der Waals surface area contributed by atoms with Gasteiger partial charge in [0.15, 0.2) is 0 Å².